The molecule has 136 valence electrons. The van der Waals surface area contributed by atoms with E-state index in [9.17, 15) is 0 Å². The maximum absolute atomic E-state index is 6.11. The second kappa shape index (κ2) is 7.92. The molecule has 2 N–H and O–H groups in total. The Kier molecular flexibility index (Phi) is 5.21. The lowest BCUT2D eigenvalue weighted by atomic mass is 9.98. The molecule has 1 aliphatic carbocycles. The van der Waals surface area contributed by atoms with Crippen molar-refractivity contribution in [1.82, 2.24) is 5.01 Å². The summed E-state index contributed by atoms with van der Waals surface area (Å²) in [5.41, 5.74) is 3.68. The molecule has 2 aliphatic rings. The van der Waals surface area contributed by atoms with E-state index in [1.807, 2.05) is 0 Å². The van der Waals surface area contributed by atoms with E-state index in [2.05, 4.69) is 53.5 Å². The average molecular weight is 349 g/mol. The van der Waals surface area contributed by atoms with Gasteiger partial charge in [0.1, 0.15) is 11.6 Å². The number of benzene rings is 2. The molecule has 0 atom stereocenters. The third kappa shape index (κ3) is 4.07. The van der Waals surface area contributed by atoms with E-state index in [0.29, 0.717) is 6.10 Å². The molecule has 0 radical (unpaired) electrons. The van der Waals surface area contributed by atoms with Crippen LogP contribution in [0.15, 0.2) is 53.5 Å². The van der Waals surface area contributed by atoms with E-state index in [1.165, 1.54) is 43.2 Å². The molecule has 4 nitrogen and oxygen atoms in total. The van der Waals surface area contributed by atoms with Gasteiger partial charge >= 0.3 is 0 Å². The molecule has 0 unspecified atom stereocenters. The Morgan fingerprint density at radius 3 is 2.19 bits per heavy atom. The van der Waals surface area contributed by atoms with Gasteiger partial charge < -0.3 is 4.74 Å². The number of rotatable bonds is 5. The van der Waals surface area contributed by atoms with Crippen molar-refractivity contribution >= 4 is 5.84 Å². The van der Waals surface area contributed by atoms with Crippen molar-refractivity contribution in [3.8, 4) is 5.75 Å². The fraction of sp³-hybridized carbons (Fsp3) is 0.409. The molecular formula is C22H27N3O. The monoisotopic (exact) mass is 349 g/mol. The van der Waals surface area contributed by atoms with Crippen molar-refractivity contribution < 1.29 is 4.74 Å². The molecule has 2 aromatic rings. The highest BCUT2D eigenvalue weighted by molar-refractivity contribution is 5.99. The smallest absolute Gasteiger partial charge is 0.145 e. The Morgan fingerprint density at radius 1 is 0.923 bits per heavy atom. The van der Waals surface area contributed by atoms with Gasteiger partial charge in [-0.05, 0) is 55.4 Å². The van der Waals surface area contributed by atoms with Crippen LogP contribution < -0.4 is 10.6 Å². The van der Waals surface area contributed by atoms with E-state index in [4.69, 9.17) is 10.6 Å². The number of ether oxygens (including phenoxy) is 1. The molecule has 26 heavy (non-hydrogen) atoms. The van der Waals surface area contributed by atoms with Crippen molar-refractivity contribution in [3.05, 3.63) is 65.2 Å². The lowest BCUT2D eigenvalue weighted by molar-refractivity contribution is 0.155. The SMILES string of the molecule is NN1CCN=C1c1ccc(Cc2ccc(OC3CCCCC3)cc2)cc1. The van der Waals surface area contributed by atoms with Crippen LogP contribution in [-0.4, -0.2) is 30.0 Å². The molecule has 4 heteroatoms. The Morgan fingerprint density at radius 2 is 1.58 bits per heavy atom. The topological polar surface area (TPSA) is 50.8 Å². The first-order valence-corrected chi connectivity index (χ1v) is 9.69. The lowest BCUT2D eigenvalue weighted by Crippen LogP contribution is -2.34. The van der Waals surface area contributed by atoms with Gasteiger partial charge in [0, 0.05) is 5.56 Å². The molecule has 2 aromatic carbocycles. The molecule has 0 spiro atoms. The van der Waals surface area contributed by atoms with Crippen LogP contribution in [0, 0.1) is 0 Å². The predicted octanol–water partition coefficient (Wildman–Crippen LogP) is 3.92. The fourth-order valence-corrected chi connectivity index (χ4v) is 3.79. The van der Waals surface area contributed by atoms with Crippen molar-refractivity contribution in [3.63, 3.8) is 0 Å². The van der Waals surface area contributed by atoms with Gasteiger partial charge in [-0.25, -0.2) is 5.84 Å². The lowest BCUT2D eigenvalue weighted by Gasteiger charge is -2.23. The molecule has 1 saturated carbocycles. The number of hydrogen-bond acceptors (Lipinski definition) is 4. The maximum Gasteiger partial charge on any atom is 0.145 e. The van der Waals surface area contributed by atoms with Crippen LogP contribution in [0.1, 0.15) is 48.8 Å². The van der Waals surface area contributed by atoms with E-state index in [1.54, 1.807) is 5.01 Å². The van der Waals surface area contributed by atoms with Gasteiger partial charge in [0.15, 0.2) is 0 Å². The summed E-state index contributed by atoms with van der Waals surface area (Å²) in [6.45, 7) is 1.58. The van der Waals surface area contributed by atoms with E-state index < -0.39 is 0 Å². The van der Waals surface area contributed by atoms with Crippen LogP contribution in [0.2, 0.25) is 0 Å². The molecule has 1 aliphatic heterocycles. The predicted molar refractivity (Wildman–Crippen MR) is 105 cm³/mol. The zero-order valence-electron chi connectivity index (χ0n) is 15.2. The minimum Gasteiger partial charge on any atom is -0.490 e. The maximum atomic E-state index is 6.11. The zero-order valence-corrected chi connectivity index (χ0v) is 15.2. The number of nitrogens with two attached hydrogens (primary N) is 1. The first-order valence-electron chi connectivity index (χ1n) is 9.69. The average Bonchev–Trinajstić information content (AvgIpc) is 3.11. The van der Waals surface area contributed by atoms with Gasteiger partial charge in [0.05, 0.1) is 19.2 Å². The Balaban J connectivity index is 1.36. The van der Waals surface area contributed by atoms with Crippen molar-refractivity contribution in [2.75, 3.05) is 13.1 Å². The largest absolute Gasteiger partial charge is 0.490 e. The summed E-state index contributed by atoms with van der Waals surface area (Å²) in [5, 5.41) is 1.72. The third-order valence-electron chi connectivity index (χ3n) is 5.27. The third-order valence-corrected chi connectivity index (χ3v) is 5.27. The van der Waals surface area contributed by atoms with Crippen LogP contribution in [0.25, 0.3) is 0 Å². The van der Waals surface area contributed by atoms with Gasteiger partial charge in [0.25, 0.3) is 0 Å². The molecule has 1 fully saturated rings. The summed E-state index contributed by atoms with van der Waals surface area (Å²) < 4.78 is 6.11. The Bertz CT molecular complexity index is 746. The van der Waals surface area contributed by atoms with Crippen LogP contribution in [-0.2, 0) is 6.42 Å². The quantitative estimate of drug-likeness (QED) is 0.832. The number of hydrazine groups is 1. The second-order valence-electron chi connectivity index (χ2n) is 7.29. The summed E-state index contributed by atoms with van der Waals surface area (Å²) in [6, 6.07) is 17.1. The summed E-state index contributed by atoms with van der Waals surface area (Å²) in [6.07, 6.45) is 7.67. The van der Waals surface area contributed by atoms with Crippen LogP contribution in [0.5, 0.6) is 5.75 Å². The molecular weight excluding hydrogens is 322 g/mol. The van der Waals surface area contributed by atoms with Crippen LogP contribution >= 0.6 is 0 Å². The first-order chi connectivity index (χ1) is 12.8. The first kappa shape index (κ1) is 17.1. The number of amidine groups is 1. The van der Waals surface area contributed by atoms with Gasteiger partial charge in [0.2, 0.25) is 0 Å². The van der Waals surface area contributed by atoms with E-state index in [-0.39, 0.29) is 0 Å². The molecule has 0 bridgehead atoms. The zero-order chi connectivity index (χ0) is 17.8. The minimum atomic E-state index is 0.405. The minimum absolute atomic E-state index is 0.405. The summed E-state index contributed by atoms with van der Waals surface area (Å²) in [5.74, 6) is 7.83. The van der Waals surface area contributed by atoms with Gasteiger partial charge in [-0.1, -0.05) is 42.8 Å². The van der Waals surface area contributed by atoms with Gasteiger partial charge in [-0.2, -0.15) is 0 Å². The molecule has 4 rings (SSSR count). The number of hydrogen-bond donors (Lipinski definition) is 1. The second-order valence-corrected chi connectivity index (χ2v) is 7.29. The summed E-state index contributed by atoms with van der Waals surface area (Å²) >= 11 is 0. The molecule has 0 saturated heterocycles. The van der Waals surface area contributed by atoms with Gasteiger partial charge in [-0.3, -0.25) is 10.0 Å². The van der Waals surface area contributed by atoms with Crippen LogP contribution in [0.3, 0.4) is 0 Å². The highest BCUT2D eigenvalue weighted by atomic mass is 16.5. The van der Waals surface area contributed by atoms with Gasteiger partial charge in [-0.15, -0.1) is 0 Å². The highest BCUT2D eigenvalue weighted by Gasteiger charge is 2.15. The highest BCUT2D eigenvalue weighted by Crippen LogP contribution is 2.24. The molecule has 1 heterocycles. The molecule has 0 amide bonds. The normalized spacial score (nSPS) is 18.0. The van der Waals surface area contributed by atoms with Crippen LogP contribution in [0.4, 0.5) is 0 Å². The summed E-state index contributed by atoms with van der Waals surface area (Å²) in [4.78, 5) is 4.46. The van der Waals surface area contributed by atoms with Crippen molar-refractivity contribution in [2.24, 2.45) is 10.8 Å². The Hall–Kier alpha value is -2.33. The van der Waals surface area contributed by atoms with E-state index >= 15 is 0 Å². The molecule has 0 aromatic heterocycles. The summed E-state index contributed by atoms with van der Waals surface area (Å²) in [7, 11) is 0. The number of aliphatic imine (C=N–C) groups is 1. The van der Waals surface area contributed by atoms with Crippen molar-refractivity contribution in [1.29, 1.82) is 0 Å². The van der Waals surface area contributed by atoms with Crippen molar-refractivity contribution in [2.45, 2.75) is 44.6 Å². The van der Waals surface area contributed by atoms with E-state index in [0.717, 1.165) is 36.7 Å². The number of nitrogens with zero attached hydrogens (tertiary/aromatic N) is 2. The fourth-order valence-electron chi connectivity index (χ4n) is 3.79. The Labute approximate surface area is 155 Å². The standard InChI is InChI=1S/C22H27N3O/c23-25-15-14-24-22(25)19-10-6-17(7-11-19)16-18-8-12-21(13-9-18)26-20-4-2-1-3-5-20/h6-13,20H,1-5,14-16,23H2.